The van der Waals surface area contributed by atoms with Crippen molar-refractivity contribution >= 4 is 23.7 Å². The molecule has 4 rings (SSSR count). The van der Waals surface area contributed by atoms with Crippen LogP contribution in [0.25, 0.3) is 0 Å². The number of nitrogens with zero attached hydrogens (tertiary/aromatic N) is 3. The zero-order valence-corrected chi connectivity index (χ0v) is 18.8. The van der Waals surface area contributed by atoms with E-state index in [1.165, 1.54) is 5.56 Å². The number of amides is 4. The highest BCUT2D eigenvalue weighted by Crippen LogP contribution is 2.29. The molecule has 2 fully saturated rings. The number of carbonyl (C=O) groups excluding carboxylic acids is 3. The first kappa shape index (κ1) is 21.8. The summed E-state index contributed by atoms with van der Waals surface area (Å²) < 4.78 is 0. The van der Waals surface area contributed by atoms with Crippen LogP contribution in [0.3, 0.4) is 0 Å². The Morgan fingerprint density at radius 2 is 1.78 bits per heavy atom. The number of hydrogen-bond acceptors (Lipinski definition) is 5. The highest BCUT2D eigenvalue weighted by atomic mass is 16.2. The van der Waals surface area contributed by atoms with Crippen molar-refractivity contribution in [1.29, 1.82) is 0 Å². The van der Waals surface area contributed by atoms with E-state index in [0.717, 1.165) is 30.9 Å². The number of rotatable bonds is 5. The number of pyridine rings is 1. The minimum atomic E-state index is -1.08. The van der Waals surface area contributed by atoms with Crippen molar-refractivity contribution in [2.45, 2.75) is 39.2 Å². The third-order valence-electron chi connectivity index (χ3n) is 6.48. The molecule has 2 aliphatic rings. The van der Waals surface area contributed by atoms with E-state index in [1.54, 1.807) is 24.3 Å². The summed E-state index contributed by atoms with van der Waals surface area (Å²) in [5, 5.41) is 5.02. The Morgan fingerprint density at radius 3 is 2.31 bits per heavy atom. The van der Waals surface area contributed by atoms with Crippen molar-refractivity contribution in [1.82, 2.24) is 20.5 Å². The third-order valence-corrected chi connectivity index (χ3v) is 6.48. The molecule has 8 nitrogen and oxygen atoms in total. The van der Waals surface area contributed by atoms with E-state index in [9.17, 15) is 14.4 Å². The van der Waals surface area contributed by atoms with Crippen molar-refractivity contribution in [2.24, 2.45) is 0 Å². The van der Waals surface area contributed by atoms with E-state index in [-0.39, 0.29) is 11.8 Å². The Bertz CT molecular complexity index is 1040. The summed E-state index contributed by atoms with van der Waals surface area (Å²) in [6.07, 6.45) is 3.32. The number of urea groups is 1. The predicted molar refractivity (Wildman–Crippen MR) is 122 cm³/mol. The summed E-state index contributed by atoms with van der Waals surface area (Å²) in [5.41, 5.74) is 2.54. The summed E-state index contributed by atoms with van der Waals surface area (Å²) in [5.74, 6) is 0.587. The second-order valence-corrected chi connectivity index (χ2v) is 8.36. The van der Waals surface area contributed by atoms with Crippen LogP contribution in [0.5, 0.6) is 0 Å². The molecule has 32 heavy (non-hydrogen) atoms. The van der Waals surface area contributed by atoms with Crippen molar-refractivity contribution < 1.29 is 14.4 Å². The molecule has 0 unspecified atom stereocenters. The first-order valence-electron chi connectivity index (χ1n) is 11.1. The van der Waals surface area contributed by atoms with Gasteiger partial charge in [-0.1, -0.05) is 32.0 Å². The summed E-state index contributed by atoms with van der Waals surface area (Å²) in [7, 11) is 0. The van der Waals surface area contributed by atoms with Crippen LogP contribution in [0, 0.1) is 6.92 Å². The average molecular weight is 436 g/mol. The molecule has 2 aromatic rings. The van der Waals surface area contributed by atoms with E-state index in [4.69, 9.17) is 0 Å². The zero-order valence-electron chi connectivity index (χ0n) is 18.8. The third kappa shape index (κ3) is 3.81. The second kappa shape index (κ2) is 8.61. The van der Waals surface area contributed by atoms with Crippen LogP contribution in [0.2, 0.25) is 0 Å². The van der Waals surface area contributed by atoms with Crippen molar-refractivity contribution in [3.8, 4) is 0 Å². The van der Waals surface area contributed by atoms with Gasteiger partial charge in [0.1, 0.15) is 11.4 Å². The second-order valence-electron chi connectivity index (χ2n) is 8.36. The van der Waals surface area contributed by atoms with Gasteiger partial charge < -0.3 is 15.1 Å². The van der Waals surface area contributed by atoms with Gasteiger partial charge in [0.05, 0.1) is 0 Å². The SMILES string of the molecule is CCc1cnc(N2CCN(C(=O)c3ccc([C@@]4(CC)NC(=O)NC4=O)cc3)CC2)c(C)c1. The molecule has 0 bridgehead atoms. The highest BCUT2D eigenvalue weighted by Gasteiger charge is 2.46. The minimum Gasteiger partial charge on any atom is -0.353 e. The fourth-order valence-corrected chi connectivity index (χ4v) is 4.50. The standard InChI is InChI=1S/C24H29N5O3/c1-4-17-14-16(3)20(25-15-17)28-10-12-29(13-11-28)21(30)18-6-8-19(9-7-18)24(5-2)22(31)26-23(32)27-24/h6-9,14-15H,4-5,10-13H2,1-3H3,(H2,26,27,31,32)/t24-/m1/s1. The predicted octanol–water partition coefficient (Wildman–Crippen LogP) is 2.36. The van der Waals surface area contributed by atoms with Gasteiger partial charge in [0.25, 0.3) is 11.8 Å². The number of aryl methyl sites for hydroxylation is 2. The molecule has 1 aromatic heterocycles. The maximum Gasteiger partial charge on any atom is 0.322 e. The van der Waals surface area contributed by atoms with Gasteiger partial charge in [0, 0.05) is 37.9 Å². The number of nitrogens with one attached hydrogen (secondary N) is 2. The molecule has 1 aromatic carbocycles. The van der Waals surface area contributed by atoms with Gasteiger partial charge in [-0.3, -0.25) is 14.9 Å². The maximum absolute atomic E-state index is 13.0. The lowest BCUT2D eigenvalue weighted by atomic mass is 9.87. The Labute approximate surface area is 188 Å². The Kier molecular flexibility index (Phi) is 5.86. The van der Waals surface area contributed by atoms with Crippen molar-refractivity contribution in [3.05, 3.63) is 58.8 Å². The first-order chi connectivity index (χ1) is 15.4. The largest absolute Gasteiger partial charge is 0.353 e. The van der Waals surface area contributed by atoms with Gasteiger partial charge in [-0.25, -0.2) is 9.78 Å². The monoisotopic (exact) mass is 435 g/mol. The molecule has 0 saturated carbocycles. The van der Waals surface area contributed by atoms with Gasteiger partial charge in [-0.05, 0) is 48.6 Å². The van der Waals surface area contributed by atoms with Gasteiger partial charge in [-0.2, -0.15) is 0 Å². The molecule has 1 atom stereocenters. The number of anilines is 1. The smallest absolute Gasteiger partial charge is 0.322 e. The fourth-order valence-electron chi connectivity index (χ4n) is 4.50. The van der Waals surface area contributed by atoms with Gasteiger partial charge in [-0.15, -0.1) is 0 Å². The van der Waals surface area contributed by atoms with E-state index in [1.807, 2.05) is 18.0 Å². The van der Waals surface area contributed by atoms with Crippen molar-refractivity contribution in [2.75, 3.05) is 31.1 Å². The van der Waals surface area contributed by atoms with Crippen LogP contribution in [0.1, 0.15) is 47.3 Å². The molecule has 0 spiro atoms. The first-order valence-corrected chi connectivity index (χ1v) is 11.1. The van der Waals surface area contributed by atoms with Crippen LogP contribution in [0.4, 0.5) is 10.6 Å². The molecule has 168 valence electrons. The number of aromatic nitrogens is 1. The number of hydrogen-bond donors (Lipinski definition) is 2. The molecule has 0 radical (unpaired) electrons. The summed E-state index contributed by atoms with van der Waals surface area (Å²) in [4.78, 5) is 45.7. The molecule has 4 amide bonds. The molecular formula is C24H29N5O3. The van der Waals surface area contributed by atoms with Gasteiger partial charge in [0.2, 0.25) is 0 Å². The highest BCUT2D eigenvalue weighted by molar-refractivity contribution is 6.07. The van der Waals surface area contributed by atoms with E-state index < -0.39 is 11.6 Å². The maximum atomic E-state index is 13.0. The summed E-state index contributed by atoms with van der Waals surface area (Å²) in [6, 6.07) is 8.64. The Balaban J connectivity index is 1.42. The van der Waals surface area contributed by atoms with Crippen LogP contribution in [0.15, 0.2) is 36.5 Å². The fraction of sp³-hybridized carbons (Fsp3) is 0.417. The lowest BCUT2D eigenvalue weighted by molar-refractivity contribution is -0.124. The zero-order chi connectivity index (χ0) is 22.9. The summed E-state index contributed by atoms with van der Waals surface area (Å²) >= 11 is 0. The number of imide groups is 1. The average Bonchev–Trinajstić information content (AvgIpc) is 3.12. The van der Waals surface area contributed by atoms with E-state index in [0.29, 0.717) is 30.6 Å². The molecule has 3 heterocycles. The number of benzene rings is 1. The Hall–Kier alpha value is -3.42. The topological polar surface area (TPSA) is 94.6 Å². The van der Waals surface area contributed by atoms with Gasteiger partial charge in [0.15, 0.2) is 0 Å². The quantitative estimate of drug-likeness (QED) is 0.703. The van der Waals surface area contributed by atoms with Crippen molar-refractivity contribution in [3.63, 3.8) is 0 Å². The van der Waals surface area contributed by atoms with E-state index >= 15 is 0 Å². The minimum absolute atomic E-state index is 0.0346. The molecular weight excluding hydrogens is 406 g/mol. The molecule has 0 aliphatic carbocycles. The molecule has 8 heteroatoms. The molecule has 2 N–H and O–H groups in total. The van der Waals surface area contributed by atoms with E-state index in [2.05, 4.69) is 40.4 Å². The number of piperazine rings is 1. The molecule has 2 aliphatic heterocycles. The lowest BCUT2D eigenvalue weighted by Gasteiger charge is -2.36. The summed E-state index contributed by atoms with van der Waals surface area (Å²) in [6.45, 7) is 8.74. The normalized spacial score (nSPS) is 20.8. The van der Waals surface area contributed by atoms with Crippen LogP contribution in [-0.2, 0) is 16.8 Å². The van der Waals surface area contributed by atoms with Crippen LogP contribution in [-0.4, -0.2) is 53.9 Å². The van der Waals surface area contributed by atoms with Crippen LogP contribution >= 0.6 is 0 Å². The number of carbonyl (C=O) groups is 3. The molecule has 2 saturated heterocycles. The van der Waals surface area contributed by atoms with Gasteiger partial charge >= 0.3 is 6.03 Å². The van der Waals surface area contributed by atoms with Crippen LogP contribution < -0.4 is 15.5 Å². The Morgan fingerprint density at radius 1 is 1.09 bits per heavy atom. The lowest BCUT2D eigenvalue weighted by Crippen LogP contribution is -2.49.